The van der Waals surface area contributed by atoms with E-state index in [1.165, 1.54) is 11.3 Å². The summed E-state index contributed by atoms with van der Waals surface area (Å²) in [6.07, 6.45) is 0.485. The van der Waals surface area contributed by atoms with Gasteiger partial charge in [-0.25, -0.2) is 9.78 Å². The van der Waals surface area contributed by atoms with E-state index in [4.69, 9.17) is 4.74 Å². The molecule has 1 saturated heterocycles. The van der Waals surface area contributed by atoms with Crippen LogP contribution < -0.4 is 0 Å². The van der Waals surface area contributed by atoms with Crippen LogP contribution in [0.4, 0.5) is 4.79 Å². The summed E-state index contributed by atoms with van der Waals surface area (Å²) in [7, 11) is 0. The SMILES string of the molecule is CC(C)(C)OC(=O)N1CCC(O)(c2scnc2CO)CC1. The number of amides is 1. The lowest BCUT2D eigenvalue weighted by Gasteiger charge is -2.38. The lowest BCUT2D eigenvalue weighted by molar-refractivity contribution is -0.0345. The molecule has 6 nitrogen and oxygen atoms in total. The first-order chi connectivity index (χ1) is 9.75. The molecule has 1 aliphatic heterocycles. The maximum absolute atomic E-state index is 12.0. The zero-order chi connectivity index (χ0) is 15.7. The molecule has 2 rings (SSSR count). The van der Waals surface area contributed by atoms with Gasteiger partial charge in [-0.1, -0.05) is 0 Å². The van der Waals surface area contributed by atoms with E-state index >= 15 is 0 Å². The molecule has 0 saturated carbocycles. The van der Waals surface area contributed by atoms with Gasteiger partial charge in [0.1, 0.15) is 11.2 Å². The van der Waals surface area contributed by atoms with Crippen LogP contribution in [0.25, 0.3) is 0 Å². The highest BCUT2D eigenvalue weighted by Crippen LogP contribution is 2.37. The van der Waals surface area contributed by atoms with Crippen LogP contribution in [-0.2, 0) is 16.9 Å². The topological polar surface area (TPSA) is 82.9 Å². The molecule has 1 aromatic rings. The predicted molar refractivity (Wildman–Crippen MR) is 79.0 cm³/mol. The quantitative estimate of drug-likeness (QED) is 0.870. The summed E-state index contributed by atoms with van der Waals surface area (Å²) in [5.41, 5.74) is 0.608. The van der Waals surface area contributed by atoms with E-state index in [0.29, 0.717) is 36.5 Å². The second kappa shape index (κ2) is 5.90. The maximum Gasteiger partial charge on any atom is 0.410 e. The van der Waals surface area contributed by atoms with Crippen molar-refractivity contribution in [1.82, 2.24) is 9.88 Å². The molecule has 1 fully saturated rings. The van der Waals surface area contributed by atoms with Crippen molar-refractivity contribution in [3.05, 3.63) is 16.1 Å². The van der Waals surface area contributed by atoms with Crippen LogP contribution in [0.1, 0.15) is 44.2 Å². The Hall–Kier alpha value is -1.18. The van der Waals surface area contributed by atoms with Crippen LogP contribution in [0.15, 0.2) is 5.51 Å². The van der Waals surface area contributed by atoms with Gasteiger partial charge in [-0.05, 0) is 33.6 Å². The Morgan fingerprint density at radius 2 is 2.10 bits per heavy atom. The summed E-state index contributed by atoms with van der Waals surface area (Å²) < 4.78 is 5.34. The van der Waals surface area contributed by atoms with Gasteiger partial charge in [-0.3, -0.25) is 0 Å². The molecular weight excluding hydrogens is 292 g/mol. The molecular formula is C14H22N2O4S. The third-order valence-electron chi connectivity index (χ3n) is 3.46. The molecule has 2 heterocycles. The molecule has 1 aliphatic rings. The number of carbonyl (C=O) groups excluding carboxylic acids is 1. The molecule has 0 bridgehead atoms. The van der Waals surface area contributed by atoms with E-state index in [9.17, 15) is 15.0 Å². The van der Waals surface area contributed by atoms with E-state index < -0.39 is 11.2 Å². The van der Waals surface area contributed by atoms with Crippen molar-refractivity contribution in [2.24, 2.45) is 0 Å². The second-order valence-electron chi connectivity index (χ2n) is 6.29. The predicted octanol–water partition coefficient (Wildman–Crippen LogP) is 1.85. The first kappa shape index (κ1) is 16.2. The first-order valence-corrected chi connectivity index (χ1v) is 7.87. The molecule has 0 radical (unpaired) electrons. The maximum atomic E-state index is 12.0. The van der Waals surface area contributed by atoms with Crippen LogP contribution in [0.2, 0.25) is 0 Å². The highest BCUT2D eigenvalue weighted by Gasteiger charge is 2.39. The Kier molecular flexibility index (Phi) is 4.55. The van der Waals surface area contributed by atoms with E-state index in [1.807, 2.05) is 20.8 Å². The third kappa shape index (κ3) is 3.72. The van der Waals surface area contributed by atoms with Crippen molar-refractivity contribution in [2.45, 2.75) is 51.4 Å². The van der Waals surface area contributed by atoms with Gasteiger partial charge in [0.25, 0.3) is 0 Å². The summed E-state index contributed by atoms with van der Waals surface area (Å²) in [4.78, 5) is 18.4. The molecule has 0 unspecified atom stereocenters. The minimum Gasteiger partial charge on any atom is -0.444 e. The summed E-state index contributed by atoms with van der Waals surface area (Å²) in [5, 5.41) is 20.0. The third-order valence-corrected chi connectivity index (χ3v) is 4.52. The number of thiazole rings is 1. The van der Waals surface area contributed by atoms with Gasteiger partial charge in [0.05, 0.1) is 22.7 Å². The van der Waals surface area contributed by atoms with E-state index in [-0.39, 0.29) is 12.7 Å². The summed E-state index contributed by atoms with van der Waals surface area (Å²) in [5.74, 6) is 0. The van der Waals surface area contributed by atoms with Gasteiger partial charge >= 0.3 is 6.09 Å². The Balaban J connectivity index is 2.01. The molecule has 0 aromatic carbocycles. The van der Waals surface area contributed by atoms with Crippen LogP contribution in [0.5, 0.6) is 0 Å². The standard InChI is InChI=1S/C14H22N2O4S/c1-13(2,3)20-12(18)16-6-4-14(19,5-7-16)11-10(8-17)15-9-21-11/h9,17,19H,4-8H2,1-3H3. The number of hydrogen-bond acceptors (Lipinski definition) is 6. The number of carbonyl (C=O) groups is 1. The Bertz CT molecular complexity index is 501. The van der Waals surface area contributed by atoms with Crippen LogP contribution in [0, 0.1) is 0 Å². The van der Waals surface area contributed by atoms with Gasteiger partial charge < -0.3 is 19.8 Å². The summed E-state index contributed by atoms with van der Waals surface area (Å²) >= 11 is 1.34. The molecule has 7 heteroatoms. The van der Waals surface area contributed by atoms with Crippen LogP contribution in [-0.4, -0.2) is 44.9 Å². The van der Waals surface area contributed by atoms with Crippen molar-refractivity contribution in [3.8, 4) is 0 Å². The highest BCUT2D eigenvalue weighted by molar-refractivity contribution is 7.09. The van der Waals surface area contributed by atoms with Gasteiger partial charge in [0.15, 0.2) is 0 Å². The Labute approximate surface area is 128 Å². The second-order valence-corrected chi connectivity index (χ2v) is 7.14. The van der Waals surface area contributed by atoms with E-state index in [0.717, 1.165) is 0 Å². The van der Waals surface area contributed by atoms with Crippen molar-refractivity contribution in [1.29, 1.82) is 0 Å². The van der Waals surface area contributed by atoms with Crippen LogP contribution >= 0.6 is 11.3 Å². The van der Waals surface area contributed by atoms with E-state index in [2.05, 4.69) is 4.98 Å². The Morgan fingerprint density at radius 3 is 2.62 bits per heavy atom. The van der Waals surface area contributed by atoms with Gasteiger partial charge in [-0.2, -0.15) is 0 Å². The molecule has 1 amide bonds. The smallest absolute Gasteiger partial charge is 0.410 e. The number of aliphatic hydroxyl groups is 2. The van der Waals surface area contributed by atoms with Crippen molar-refractivity contribution in [3.63, 3.8) is 0 Å². The molecule has 0 spiro atoms. The number of nitrogens with zero attached hydrogens (tertiary/aromatic N) is 2. The number of rotatable bonds is 2. The largest absolute Gasteiger partial charge is 0.444 e. The molecule has 0 atom stereocenters. The average molecular weight is 314 g/mol. The fourth-order valence-electron chi connectivity index (χ4n) is 2.37. The number of ether oxygens (including phenoxy) is 1. The number of hydrogen-bond donors (Lipinski definition) is 2. The molecule has 1 aromatic heterocycles. The van der Waals surface area contributed by atoms with Gasteiger partial charge in [0, 0.05) is 13.1 Å². The average Bonchev–Trinajstić information content (AvgIpc) is 2.86. The Morgan fingerprint density at radius 1 is 1.48 bits per heavy atom. The molecule has 21 heavy (non-hydrogen) atoms. The number of aromatic nitrogens is 1. The zero-order valence-corrected chi connectivity index (χ0v) is 13.4. The van der Waals surface area contributed by atoms with Crippen molar-refractivity contribution < 1.29 is 19.7 Å². The number of aliphatic hydroxyl groups excluding tert-OH is 1. The number of piperidine rings is 1. The first-order valence-electron chi connectivity index (χ1n) is 6.99. The fraction of sp³-hybridized carbons (Fsp3) is 0.714. The molecule has 0 aliphatic carbocycles. The number of likely N-dealkylation sites (tertiary alicyclic amines) is 1. The van der Waals surface area contributed by atoms with E-state index in [1.54, 1.807) is 10.4 Å². The summed E-state index contributed by atoms with van der Waals surface area (Å²) in [6, 6.07) is 0. The minimum atomic E-state index is -1.02. The normalized spacial score (nSPS) is 18.6. The fourth-order valence-corrected chi connectivity index (χ4v) is 3.34. The monoisotopic (exact) mass is 314 g/mol. The van der Waals surface area contributed by atoms with Crippen molar-refractivity contribution in [2.75, 3.05) is 13.1 Å². The lowest BCUT2D eigenvalue weighted by Crippen LogP contribution is -2.46. The molecule has 118 valence electrons. The lowest BCUT2D eigenvalue weighted by atomic mass is 9.89. The minimum absolute atomic E-state index is 0.184. The van der Waals surface area contributed by atoms with Gasteiger partial charge in [-0.15, -0.1) is 11.3 Å². The van der Waals surface area contributed by atoms with Crippen LogP contribution in [0.3, 0.4) is 0 Å². The van der Waals surface area contributed by atoms with Gasteiger partial charge in [0.2, 0.25) is 0 Å². The highest BCUT2D eigenvalue weighted by atomic mass is 32.1. The zero-order valence-electron chi connectivity index (χ0n) is 12.6. The molecule has 2 N–H and O–H groups in total. The summed E-state index contributed by atoms with van der Waals surface area (Å²) in [6.45, 7) is 6.15. The van der Waals surface area contributed by atoms with Crippen molar-refractivity contribution >= 4 is 17.4 Å².